The Morgan fingerprint density at radius 3 is 2.50 bits per heavy atom. The molecule has 2 rings (SSSR count). The van der Waals surface area contributed by atoms with E-state index in [0.29, 0.717) is 10.6 Å². The summed E-state index contributed by atoms with van der Waals surface area (Å²) in [5, 5.41) is 9.77. The van der Waals surface area contributed by atoms with Crippen LogP contribution < -0.4 is 0 Å². The van der Waals surface area contributed by atoms with Crippen molar-refractivity contribution in [2.75, 3.05) is 0 Å². The van der Waals surface area contributed by atoms with Gasteiger partial charge in [-0.05, 0) is 40.8 Å². The number of hydrogen-bond acceptors (Lipinski definition) is 1. The van der Waals surface area contributed by atoms with Crippen molar-refractivity contribution < 1.29 is 0 Å². The summed E-state index contributed by atoms with van der Waals surface area (Å²) in [4.78, 5) is 0. The summed E-state index contributed by atoms with van der Waals surface area (Å²) in [5.74, 6) is 0. The van der Waals surface area contributed by atoms with E-state index in [0.717, 1.165) is 14.7 Å². The second-order valence-electron chi connectivity index (χ2n) is 3.28. The lowest BCUT2D eigenvalue weighted by atomic mass is 10.0. The predicted molar refractivity (Wildman–Crippen MR) is 74.3 cm³/mol. The third-order valence-electron chi connectivity index (χ3n) is 2.27. The Bertz CT molecular complexity index is 572. The summed E-state index contributed by atoms with van der Waals surface area (Å²) in [7, 11) is 0. The van der Waals surface area contributed by atoms with Crippen LogP contribution in [0.5, 0.6) is 0 Å². The van der Waals surface area contributed by atoms with Crippen LogP contribution >= 0.6 is 34.2 Å². The van der Waals surface area contributed by atoms with Gasteiger partial charge in [-0.15, -0.1) is 0 Å². The van der Waals surface area contributed by atoms with Crippen LogP contribution in [0.25, 0.3) is 11.1 Å². The Kier molecular flexibility index (Phi) is 3.47. The summed E-state index contributed by atoms with van der Waals surface area (Å²) in [6.45, 7) is 0. The molecule has 0 unspecified atom stereocenters. The third kappa shape index (κ3) is 2.21. The quantitative estimate of drug-likeness (QED) is 0.703. The van der Waals surface area contributed by atoms with Gasteiger partial charge in [0.25, 0.3) is 0 Å². The van der Waals surface area contributed by atoms with Gasteiger partial charge in [0.1, 0.15) is 0 Å². The first-order chi connectivity index (χ1) is 7.72. The molecule has 0 fully saturated rings. The van der Waals surface area contributed by atoms with Gasteiger partial charge in [0.05, 0.1) is 11.6 Å². The van der Waals surface area contributed by atoms with Crippen LogP contribution in [0.2, 0.25) is 5.02 Å². The zero-order valence-electron chi connectivity index (χ0n) is 8.24. The zero-order chi connectivity index (χ0) is 11.5. The van der Waals surface area contributed by atoms with Crippen molar-refractivity contribution in [1.82, 2.24) is 0 Å². The average Bonchev–Trinajstić information content (AvgIpc) is 2.30. The standard InChI is InChI=1S/C13H7ClIN/c14-13-4-2-1-3-12(13)11-6-5-10(15)7-9(11)8-16/h1-7H. The second kappa shape index (κ2) is 4.86. The zero-order valence-corrected chi connectivity index (χ0v) is 11.2. The van der Waals surface area contributed by atoms with E-state index in [9.17, 15) is 0 Å². The molecule has 0 N–H and O–H groups in total. The fourth-order valence-corrected chi connectivity index (χ4v) is 2.25. The van der Waals surface area contributed by atoms with Gasteiger partial charge in [0.2, 0.25) is 0 Å². The van der Waals surface area contributed by atoms with E-state index in [1.54, 1.807) is 0 Å². The minimum absolute atomic E-state index is 0.653. The Hall–Kier alpha value is -1.05. The van der Waals surface area contributed by atoms with Crippen LogP contribution in [0.1, 0.15) is 5.56 Å². The van der Waals surface area contributed by atoms with Crippen molar-refractivity contribution in [3.63, 3.8) is 0 Å². The summed E-state index contributed by atoms with van der Waals surface area (Å²) >= 11 is 8.31. The predicted octanol–water partition coefficient (Wildman–Crippen LogP) is 4.48. The number of nitrogens with zero attached hydrogens (tertiary/aromatic N) is 1. The molecule has 0 amide bonds. The topological polar surface area (TPSA) is 23.8 Å². The number of hydrogen-bond donors (Lipinski definition) is 0. The van der Waals surface area contributed by atoms with Crippen LogP contribution in [0.3, 0.4) is 0 Å². The van der Waals surface area contributed by atoms with E-state index < -0.39 is 0 Å². The fourth-order valence-electron chi connectivity index (χ4n) is 1.52. The molecule has 0 bridgehead atoms. The first-order valence-corrected chi connectivity index (χ1v) is 6.12. The maximum Gasteiger partial charge on any atom is 0.0998 e. The van der Waals surface area contributed by atoms with Crippen LogP contribution in [-0.2, 0) is 0 Å². The average molecular weight is 340 g/mol. The van der Waals surface area contributed by atoms with E-state index in [1.807, 2.05) is 42.5 Å². The molecule has 16 heavy (non-hydrogen) atoms. The summed E-state index contributed by atoms with van der Waals surface area (Å²) in [6, 6.07) is 15.5. The van der Waals surface area contributed by atoms with Crippen molar-refractivity contribution in [2.24, 2.45) is 0 Å². The first kappa shape index (κ1) is 11.4. The molecule has 0 heterocycles. The first-order valence-electron chi connectivity index (χ1n) is 4.67. The van der Waals surface area contributed by atoms with Gasteiger partial charge in [-0.25, -0.2) is 0 Å². The molecule has 0 saturated carbocycles. The van der Waals surface area contributed by atoms with Crippen LogP contribution in [0, 0.1) is 14.9 Å². The normalized spacial score (nSPS) is 9.81. The minimum Gasteiger partial charge on any atom is -0.192 e. The molecule has 0 aromatic heterocycles. The molecule has 0 aliphatic heterocycles. The molecular weight excluding hydrogens is 333 g/mol. The molecule has 0 saturated heterocycles. The van der Waals surface area contributed by atoms with Crippen molar-refractivity contribution in [1.29, 1.82) is 5.26 Å². The van der Waals surface area contributed by atoms with E-state index in [2.05, 4.69) is 28.7 Å². The van der Waals surface area contributed by atoms with Crippen LogP contribution in [0.15, 0.2) is 42.5 Å². The maximum atomic E-state index is 9.10. The lowest BCUT2D eigenvalue weighted by Gasteiger charge is -2.06. The van der Waals surface area contributed by atoms with Gasteiger partial charge >= 0.3 is 0 Å². The SMILES string of the molecule is N#Cc1cc(I)ccc1-c1ccccc1Cl. The maximum absolute atomic E-state index is 9.10. The van der Waals surface area contributed by atoms with E-state index >= 15 is 0 Å². The lowest BCUT2D eigenvalue weighted by Crippen LogP contribution is -1.86. The molecule has 3 heteroatoms. The number of benzene rings is 2. The highest BCUT2D eigenvalue weighted by molar-refractivity contribution is 14.1. The third-order valence-corrected chi connectivity index (χ3v) is 3.27. The highest BCUT2D eigenvalue weighted by Crippen LogP contribution is 2.30. The van der Waals surface area contributed by atoms with Crippen molar-refractivity contribution in [2.45, 2.75) is 0 Å². The van der Waals surface area contributed by atoms with Gasteiger partial charge in [-0.1, -0.05) is 35.9 Å². The Labute approximate surface area is 113 Å². The van der Waals surface area contributed by atoms with Crippen molar-refractivity contribution in [3.8, 4) is 17.2 Å². The van der Waals surface area contributed by atoms with Gasteiger partial charge in [-0.3, -0.25) is 0 Å². The van der Waals surface area contributed by atoms with Crippen LogP contribution in [-0.4, -0.2) is 0 Å². The number of halogens is 2. The lowest BCUT2D eigenvalue weighted by molar-refractivity contribution is 1.47. The number of rotatable bonds is 1. The van der Waals surface area contributed by atoms with Crippen molar-refractivity contribution in [3.05, 3.63) is 56.6 Å². The monoisotopic (exact) mass is 339 g/mol. The minimum atomic E-state index is 0.653. The van der Waals surface area contributed by atoms with E-state index in [-0.39, 0.29) is 0 Å². The molecule has 0 radical (unpaired) electrons. The van der Waals surface area contributed by atoms with Gasteiger partial charge in [0, 0.05) is 19.7 Å². The molecule has 0 spiro atoms. The highest BCUT2D eigenvalue weighted by atomic mass is 127. The smallest absolute Gasteiger partial charge is 0.0998 e. The van der Waals surface area contributed by atoms with Gasteiger partial charge in [0.15, 0.2) is 0 Å². The van der Waals surface area contributed by atoms with Gasteiger partial charge in [-0.2, -0.15) is 5.26 Å². The molecule has 2 aromatic carbocycles. The molecular formula is C13H7ClIN. The second-order valence-corrected chi connectivity index (χ2v) is 4.93. The molecule has 0 aliphatic rings. The van der Waals surface area contributed by atoms with Crippen LogP contribution in [0.4, 0.5) is 0 Å². The Morgan fingerprint density at radius 1 is 1.06 bits per heavy atom. The molecule has 0 atom stereocenters. The molecule has 0 aliphatic carbocycles. The fraction of sp³-hybridized carbons (Fsp3) is 0. The number of nitriles is 1. The van der Waals surface area contributed by atoms with E-state index in [1.165, 1.54) is 0 Å². The van der Waals surface area contributed by atoms with E-state index in [4.69, 9.17) is 16.9 Å². The van der Waals surface area contributed by atoms with Gasteiger partial charge < -0.3 is 0 Å². The summed E-state index contributed by atoms with van der Waals surface area (Å²) in [5.41, 5.74) is 2.44. The largest absolute Gasteiger partial charge is 0.192 e. The molecule has 2 aromatic rings. The Balaban J connectivity index is 2.66. The molecule has 78 valence electrons. The Morgan fingerprint density at radius 2 is 1.81 bits per heavy atom. The van der Waals surface area contributed by atoms with Crippen molar-refractivity contribution >= 4 is 34.2 Å². The highest BCUT2D eigenvalue weighted by Gasteiger charge is 2.08. The summed E-state index contributed by atoms with van der Waals surface area (Å²) < 4.78 is 1.05. The molecule has 1 nitrogen and oxygen atoms in total. The summed E-state index contributed by atoms with van der Waals surface area (Å²) in [6.07, 6.45) is 0.